The maximum Gasteiger partial charge on any atom is 0.254 e. The Morgan fingerprint density at radius 3 is 2.92 bits per heavy atom. The van der Waals surface area contributed by atoms with Crippen LogP contribution in [0.15, 0.2) is 23.0 Å². The summed E-state index contributed by atoms with van der Waals surface area (Å²) in [6.07, 6.45) is 3.59. The molecule has 138 valence electrons. The fourth-order valence-electron chi connectivity index (χ4n) is 3.52. The lowest BCUT2D eigenvalue weighted by molar-refractivity contribution is -0.121. The van der Waals surface area contributed by atoms with E-state index < -0.39 is 0 Å². The van der Waals surface area contributed by atoms with Gasteiger partial charge in [0.25, 0.3) is 5.56 Å². The van der Waals surface area contributed by atoms with Gasteiger partial charge in [-0.2, -0.15) is 0 Å². The van der Waals surface area contributed by atoms with E-state index in [-0.39, 0.29) is 23.9 Å². The van der Waals surface area contributed by atoms with E-state index >= 15 is 0 Å². The molecule has 1 aromatic heterocycles. The number of aryl methyl sites for hydroxylation is 3. The molecule has 1 aromatic carbocycles. The Kier molecular flexibility index (Phi) is 5.40. The van der Waals surface area contributed by atoms with Gasteiger partial charge >= 0.3 is 0 Å². The highest BCUT2D eigenvalue weighted by Crippen LogP contribution is 2.32. The van der Waals surface area contributed by atoms with Gasteiger partial charge in [-0.15, -0.1) is 0 Å². The number of amides is 1. The minimum Gasteiger partial charge on any atom is -0.497 e. The number of methoxy groups -OCH3 is 1. The van der Waals surface area contributed by atoms with Crippen LogP contribution >= 0.6 is 0 Å². The molecule has 0 spiro atoms. The van der Waals surface area contributed by atoms with Crippen LogP contribution in [0.25, 0.3) is 0 Å². The summed E-state index contributed by atoms with van der Waals surface area (Å²) < 4.78 is 5.29. The molecule has 1 amide bonds. The monoisotopic (exact) mass is 355 g/mol. The Morgan fingerprint density at radius 1 is 1.42 bits per heavy atom. The number of aromatic nitrogens is 2. The van der Waals surface area contributed by atoms with Gasteiger partial charge in [0.1, 0.15) is 11.6 Å². The molecule has 0 unspecified atom stereocenters. The molecule has 1 atom stereocenters. The van der Waals surface area contributed by atoms with E-state index in [1.54, 1.807) is 14.0 Å². The van der Waals surface area contributed by atoms with Crippen LogP contribution in [0.3, 0.4) is 0 Å². The first-order chi connectivity index (χ1) is 12.5. The van der Waals surface area contributed by atoms with E-state index in [1.165, 1.54) is 5.56 Å². The van der Waals surface area contributed by atoms with Crippen molar-refractivity contribution in [2.75, 3.05) is 7.11 Å². The van der Waals surface area contributed by atoms with Crippen LogP contribution in [-0.4, -0.2) is 23.0 Å². The summed E-state index contributed by atoms with van der Waals surface area (Å²) in [6, 6.07) is 5.95. The molecule has 26 heavy (non-hydrogen) atoms. The maximum absolute atomic E-state index is 12.6. The molecule has 6 nitrogen and oxygen atoms in total. The number of nitrogens with one attached hydrogen (secondary N) is 2. The Bertz CT molecular complexity index is 873. The number of hydrogen-bond acceptors (Lipinski definition) is 4. The smallest absolute Gasteiger partial charge is 0.254 e. The quantitative estimate of drug-likeness (QED) is 0.862. The Morgan fingerprint density at radius 2 is 2.23 bits per heavy atom. The third-order valence-corrected chi connectivity index (χ3v) is 4.94. The van der Waals surface area contributed by atoms with Gasteiger partial charge in [-0.05, 0) is 49.4 Å². The lowest BCUT2D eigenvalue weighted by atomic mass is 9.87. The van der Waals surface area contributed by atoms with E-state index in [0.717, 1.165) is 30.6 Å². The zero-order chi connectivity index (χ0) is 18.7. The molecule has 6 heteroatoms. The summed E-state index contributed by atoms with van der Waals surface area (Å²) in [4.78, 5) is 31.9. The fraction of sp³-hybridized carbons (Fsp3) is 0.450. The van der Waals surface area contributed by atoms with Crippen molar-refractivity contribution in [1.82, 2.24) is 15.3 Å². The first-order valence-corrected chi connectivity index (χ1v) is 9.06. The molecule has 1 aliphatic rings. The number of fused-ring (bicyclic) bond motifs is 1. The summed E-state index contributed by atoms with van der Waals surface area (Å²) in [5.41, 5.74) is 3.18. The van der Waals surface area contributed by atoms with Gasteiger partial charge in [-0.25, -0.2) is 4.98 Å². The normalized spacial score (nSPS) is 16.0. The highest BCUT2D eigenvalue weighted by molar-refractivity contribution is 5.79. The van der Waals surface area contributed by atoms with Gasteiger partial charge in [0.15, 0.2) is 0 Å². The van der Waals surface area contributed by atoms with Crippen molar-refractivity contribution < 1.29 is 9.53 Å². The summed E-state index contributed by atoms with van der Waals surface area (Å²) in [5.74, 6) is 1.32. The zero-order valence-corrected chi connectivity index (χ0v) is 15.5. The van der Waals surface area contributed by atoms with Gasteiger partial charge in [-0.1, -0.05) is 13.0 Å². The van der Waals surface area contributed by atoms with Gasteiger partial charge in [-0.3, -0.25) is 9.59 Å². The van der Waals surface area contributed by atoms with E-state index in [1.807, 2.05) is 25.1 Å². The number of ether oxygens (including phenoxy) is 1. The predicted molar refractivity (Wildman–Crippen MR) is 99.5 cm³/mol. The van der Waals surface area contributed by atoms with E-state index in [4.69, 9.17) is 4.74 Å². The average Bonchev–Trinajstić information content (AvgIpc) is 2.64. The van der Waals surface area contributed by atoms with Crippen molar-refractivity contribution in [3.63, 3.8) is 0 Å². The van der Waals surface area contributed by atoms with Crippen molar-refractivity contribution in [2.24, 2.45) is 0 Å². The molecule has 0 bridgehead atoms. The number of carbonyl (C=O) groups is 1. The number of aromatic amines is 1. The summed E-state index contributed by atoms with van der Waals surface area (Å²) in [7, 11) is 1.65. The Labute approximate surface area is 153 Å². The highest BCUT2D eigenvalue weighted by Gasteiger charge is 2.23. The van der Waals surface area contributed by atoms with Gasteiger partial charge in [0.05, 0.1) is 19.6 Å². The minimum atomic E-state index is -0.224. The largest absolute Gasteiger partial charge is 0.497 e. The lowest BCUT2D eigenvalue weighted by Gasteiger charge is -2.27. The highest BCUT2D eigenvalue weighted by atomic mass is 16.5. The fourth-order valence-corrected chi connectivity index (χ4v) is 3.52. The van der Waals surface area contributed by atoms with Crippen LogP contribution in [0, 0.1) is 6.92 Å². The molecular formula is C20H25N3O3. The molecule has 0 fully saturated rings. The van der Waals surface area contributed by atoms with Crippen LogP contribution < -0.4 is 15.6 Å². The van der Waals surface area contributed by atoms with Crippen LogP contribution in [0.1, 0.15) is 54.0 Å². The van der Waals surface area contributed by atoms with Crippen molar-refractivity contribution in [1.29, 1.82) is 0 Å². The lowest BCUT2D eigenvalue weighted by Crippen LogP contribution is -2.34. The molecule has 2 N–H and O–H groups in total. The van der Waals surface area contributed by atoms with Crippen LogP contribution in [0.5, 0.6) is 5.75 Å². The van der Waals surface area contributed by atoms with Gasteiger partial charge in [0, 0.05) is 17.7 Å². The summed E-state index contributed by atoms with van der Waals surface area (Å²) in [6.45, 7) is 3.71. The molecule has 2 aromatic rings. The zero-order valence-electron chi connectivity index (χ0n) is 15.5. The maximum atomic E-state index is 12.6. The number of rotatable bonds is 5. The molecule has 0 radical (unpaired) electrons. The van der Waals surface area contributed by atoms with Crippen molar-refractivity contribution in [3.8, 4) is 5.75 Å². The van der Waals surface area contributed by atoms with Crippen molar-refractivity contribution in [2.45, 2.75) is 52.0 Å². The van der Waals surface area contributed by atoms with E-state index in [9.17, 15) is 9.59 Å². The van der Waals surface area contributed by atoms with E-state index in [0.29, 0.717) is 23.5 Å². The minimum absolute atomic E-state index is 0.0283. The first kappa shape index (κ1) is 18.2. The second-order valence-corrected chi connectivity index (χ2v) is 6.68. The molecule has 1 aliphatic carbocycles. The molecule has 0 saturated heterocycles. The van der Waals surface area contributed by atoms with Gasteiger partial charge in [0.2, 0.25) is 5.91 Å². The summed E-state index contributed by atoms with van der Waals surface area (Å²) in [5, 5.41) is 3.08. The second-order valence-electron chi connectivity index (χ2n) is 6.68. The third-order valence-electron chi connectivity index (χ3n) is 4.94. The molecule has 1 heterocycles. The van der Waals surface area contributed by atoms with Crippen molar-refractivity contribution in [3.05, 3.63) is 56.8 Å². The third kappa shape index (κ3) is 3.79. The number of benzene rings is 1. The van der Waals surface area contributed by atoms with Crippen molar-refractivity contribution >= 4 is 5.91 Å². The summed E-state index contributed by atoms with van der Waals surface area (Å²) >= 11 is 0. The average molecular weight is 355 g/mol. The first-order valence-electron chi connectivity index (χ1n) is 9.06. The standard InChI is InChI=1S/C20H25N3O3/c1-4-18-21-12(2)16(20(25)23-18)11-19(24)22-17-7-5-6-13-10-14(26-3)8-9-15(13)17/h8-10,17H,4-7,11H2,1-3H3,(H,22,24)(H,21,23,25)/t17-/m1/s1. The second kappa shape index (κ2) is 7.72. The SMILES string of the molecule is CCc1nc(C)c(CC(=O)N[C@@H]2CCCc3cc(OC)ccc32)c(=O)[nH]1. The number of hydrogen-bond donors (Lipinski definition) is 2. The molecular weight excluding hydrogens is 330 g/mol. The van der Waals surface area contributed by atoms with Crippen LogP contribution in [-0.2, 0) is 24.1 Å². The Balaban J connectivity index is 1.75. The number of carbonyl (C=O) groups excluding carboxylic acids is 1. The number of nitrogens with zero attached hydrogens (tertiary/aromatic N) is 1. The number of H-pyrrole nitrogens is 1. The molecule has 0 saturated carbocycles. The Hall–Kier alpha value is -2.63. The van der Waals surface area contributed by atoms with Crippen LogP contribution in [0.4, 0.5) is 0 Å². The molecule has 3 rings (SSSR count). The predicted octanol–water partition coefficient (Wildman–Crippen LogP) is 2.39. The van der Waals surface area contributed by atoms with Gasteiger partial charge < -0.3 is 15.0 Å². The molecule has 0 aliphatic heterocycles. The van der Waals surface area contributed by atoms with Crippen LogP contribution in [0.2, 0.25) is 0 Å². The topological polar surface area (TPSA) is 84.1 Å². The van der Waals surface area contributed by atoms with E-state index in [2.05, 4.69) is 15.3 Å².